The van der Waals surface area contributed by atoms with E-state index in [2.05, 4.69) is 12.6 Å². The van der Waals surface area contributed by atoms with Gasteiger partial charge in [0.1, 0.15) is 5.44 Å². The maximum Gasteiger partial charge on any atom is 0.500 e. The van der Waals surface area contributed by atoms with Crippen molar-refractivity contribution in [1.29, 1.82) is 0 Å². The van der Waals surface area contributed by atoms with Gasteiger partial charge in [-0.15, -0.1) is 12.6 Å². The van der Waals surface area contributed by atoms with Gasteiger partial charge in [-0.1, -0.05) is 6.42 Å². The predicted octanol–water partition coefficient (Wildman–Crippen LogP) is 3.41. The van der Waals surface area contributed by atoms with Gasteiger partial charge in [-0.2, -0.15) is 0 Å². The molecule has 0 fully saturated rings. The minimum absolute atomic E-state index is 0.287. The fourth-order valence-electron chi connectivity index (χ4n) is 2.09. The minimum Gasteiger partial charge on any atom is -0.452 e. The Kier molecular flexibility index (Phi) is 12.4. The molecular formula is C14H30O5SSi. The standard InChI is InChI=1S/C14H30O5SSi/c1-5-16-21(17-6-2,18-7-3)12-10-8-9-11-14(20)19-13(4)15/h14,20H,5-12H2,1-4H3. The number of unbranched alkanes of at least 4 members (excludes halogenated alkanes) is 2. The first-order valence-electron chi connectivity index (χ1n) is 7.76. The Morgan fingerprint density at radius 2 is 1.52 bits per heavy atom. The van der Waals surface area contributed by atoms with Crippen LogP contribution < -0.4 is 0 Å². The van der Waals surface area contributed by atoms with Crippen molar-refractivity contribution in [1.82, 2.24) is 0 Å². The molecule has 0 heterocycles. The van der Waals surface area contributed by atoms with E-state index in [0.29, 0.717) is 19.8 Å². The number of thiol groups is 1. The molecule has 0 aromatic heterocycles. The van der Waals surface area contributed by atoms with E-state index in [1.807, 2.05) is 20.8 Å². The summed E-state index contributed by atoms with van der Waals surface area (Å²) < 4.78 is 22.4. The number of hydrogen-bond donors (Lipinski definition) is 1. The molecule has 0 saturated heterocycles. The zero-order valence-electron chi connectivity index (χ0n) is 13.7. The van der Waals surface area contributed by atoms with Crippen LogP contribution >= 0.6 is 12.6 Å². The van der Waals surface area contributed by atoms with Gasteiger partial charge < -0.3 is 18.0 Å². The maximum atomic E-state index is 10.8. The third-order valence-electron chi connectivity index (χ3n) is 2.83. The van der Waals surface area contributed by atoms with E-state index in [0.717, 1.165) is 31.7 Å². The number of esters is 1. The van der Waals surface area contributed by atoms with E-state index in [-0.39, 0.29) is 11.4 Å². The van der Waals surface area contributed by atoms with Crippen LogP contribution in [-0.4, -0.2) is 40.0 Å². The van der Waals surface area contributed by atoms with Crippen molar-refractivity contribution in [3.8, 4) is 0 Å². The third kappa shape index (κ3) is 10.3. The van der Waals surface area contributed by atoms with Gasteiger partial charge >= 0.3 is 14.8 Å². The Labute approximate surface area is 135 Å². The van der Waals surface area contributed by atoms with Crippen LogP contribution in [-0.2, 0) is 22.8 Å². The van der Waals surface area contributed by atoms with Crippen LogP contribution in [0.3, 0.4) is 0 Å². The highest BCUT2D eigenvalue weighted by molar-refractivity contribution is 7.80. The number of ether oxygens (including phenoxy) is 1. The Morgan fingerprint density at radius 3 is 1.95 bits per heavy atom. The van der Waals surface area contributed by atoms with Gasteiger partial charge in [0.25, 0.3) is 0 Å². The maximum absolute atomic E-state index is 10.8. The van der Waals surface area contributed by atoms with Gasteiger partial charge in [-0.25, -0.2) is 0 Å². The summed E-state index contributed by atoms with van der Waals surface area (Å²) in [4.78, 5) is 10.8. The molecule has 0 aromatic rings. The Bertz CT molecular complexity index is 261. The van der Waals surface area contributed by atoms with E-state index >= 15 is 0 Å². The summed E-state index contributed by atoms with van der Waals surface area (Å²) in [6.07, 6.45) is 3.71. The van der Waals surface area contributed by atoms with Gasteiger partial charge in [0.15, 0.2) is 0 Å². The Hall–Kier alpha value is -0.0831. The molecule has 0 N–H and O–H groups in total. The average molecular weight is 339 g/mol. The van der Waals surface area contributed by atoms with Crippen molar-refractivity contribution in [3.05, 3.63) is 0 Å². The lowest BCUT2D eigenvalue weighted by atomic mass is 10.2. The van der Waals surface area contributed by atoms with Crippen molar-refractivity contribution >= 4 is 27.4 Å². The molecule has 0 aromatic carbocycles. The average Bonchev–Trinajstić information content (AvgIpc) is 2.38. The first-order valence-corrected chi connectivity index (χ1v) is 10.2. The monoisotopic (exact) mass is 338 g/mol. The third-order valence-corrected chi connectivity index (χ3v) is 6.34. The molecule has 21 heavy (non-hydrogen) atoms. The lowest BCUT2D eigenvalue weighted by Gasteiger charge is -2.28. The van der Waals surface area contributed by atoms with Crippen LogP contribution in [0.2, 0.25) is 6.04 Å². The summed E-state index contributed by atoms with van der Waals surface area (Å²) in [5.41, 5.74) is -0.310. The predicted molar refractivity (Wildman–Crippen MR) is 88.4 cm³/mol. The van der Waals surface area contributed by atoms with Crippen molar-refractivity contribution in [2.75, 3.05) is 19.8 Å². The topological polar surface area (TPSA) is 54.0 Å². The molecule has 1 atom stereocenters. The Morgan fingerprint density at radius 1 is 1.00 bits per heavy atom. The van der Waals surface area contributed by atoms with Crippen molar-refractivity contribution in [2.45, 2.75) is 64.9 Å². The molecule has 0 aliphatic carbocycles. The highest BCUT2D eigenvalue weighted by Gasteiger charge is 2.39. The van der Waals surface area contributed by atoms with E-state index in [1.165, 1.54) is 6.92 Å². The second-order valence-corrected chi connectivity index (χ2v) is 7.95. The van der Waals surface area contributed by atoms with Crippen molar-refractivity contribution < 1.29 is 22.8 Å². The van der Waals surface area contributed by atoms with E-state index in [9.17, 15) is 4.79 Å². The molecule has 0 spiro atoms. The zero-order chi connectivity index (χ0) is 16.1. The molecule has 0 saturated carbocycles. The SMILES string of the molecule is CCO[Si](CCCCCC(S)OC(C)=O)(OCC)OCC. The summed E-state index contributed by atoms with van der Waals surface area (Å²) in [5, 5.41) is 0. The highest BCUT2D eigenvalue weighted by Crippen LogP contribution is 2.21. The molecule has 126 valence electrons. The van der Waals surface area contributed by atoms with Crippen LogP contribution in [0.4, 0.5) is 0 Å². The fraction of sp³-hybridized carbons (Fsp3) is 0.929. The summed E-state index contributed by atoms with van der Waals surface area (Å²) in [7, 11) is -2.50. The van der Waals surface area contributed by atoms with Crippen LogP contribution in [0.15, 0.2) is 0 Å². The first-order chi connectivity index (χ1) is 9.99. The summed E-state index contributed by atoms with van der Waals surface area (Å²) in [6, 6.07) is 0.827. The second-order valence-electron chi connectivity index (χ2n) is 4.65. The molecule has 0 rings (SSSR count). The summed E-state index contributed by atoms with van der Waals surface area (Å²) >= 11 is 4.22. The van der Waals surface area contributed by atoms with Crippen molar-refractivity contribution in [3.63, 3.8) is 0 Å². The van der Waals surface area contributed by atoms with Crippen LogP contribution in [0.1, 0.15) is 53.4 Å². The van der Waals surface area contributed by atoms with E-state index < -0.39 is 8.80 Å². The number of rotatable bonds is 13. The minimum atomic E-state index is -2.50. The van der Waals surface area contributed by atoms with E-state index in [1.54, 1.807) is 0 Å². The van der Waals surface area contributed by atoms with Crippen LogP contribution in [0.25, 0.3) is 0 Å². The Balaban J connectivity index is 4.04. The molecule has 1 unspecified atom stereocenters. The molecule has 0 bridgehead atoms. The molecule has 0 aliphatic heterocycles. The first kappa shape index (κ1) is 20.9. The number of carbonyl (C=O) groups is 1. The second kappa shape index (κ2) is 12.5. The largest absolute Gasteiger partial charge is 0.500 e. The molecule has 0 aliphatic rings. The molecule has 0 amide bonds. The van der Waals surface area contributed by atoms with Gasteiger partial charge in [0.2, 0.25) is 0 Å². The summed E-state index contributed by atoms with van der Waals surface area (Å²) in [6.45, 7) is 9.11. The highest BCUT2D eigenvalue weighted by atomic mass is 32.1. The smallest absolute Gasteiger partial charge is 0.452 e. The van der Waals surface area contributed by atoms with Gasteiger partial charge in [-0.3, -0.25) is 4.79 Å². The van der Waals surface area contributed by atoms with Gasteiger partial charge in [-0.05, 0) is 40.0 Å². The summed E-state index contributed by atoms with van der Waals surface area (Å²) in [5.74, 6) is -0.287. The lowest BCUT2D eigenvalue weighted by Crippen LogP contribution is -2.45. The number of carbonyl (C=O) groups excluding carboxylic acids is 1. The molecular weight excluding hydrogens is 308 g/mol. The quantitative estimate of drug-likeness (QED) is 0.183. The lowest BCUT2D eigenvalue weighted by molar-refractivity contribution is -0.142. The molecule has 0 radical (unpaired) electrons. The normalized spacial score (nSPS) is 13.2. The van der Waals surface area contributed by atoms with Crippen LogP contribution in [0.5, 0.6) is 0 Å². The van der Waals surface area contributed by atoms with Crippen LogP contribution in [0, 0.1) is 0 Å². The zero-order valence-corrected chi connectivity index (χ0v) is 15.6. The fourth-order valence-corrected chi connectivity index (χ4v) is 5.11. The van der Waals surface area contributed by atoms with Gasteiger partial charge in [0.05, 0.1) is 0 Å². The van der Waals surface area contributed by atoms with Gasteiger partial charge in [0, 0.05) is 32.8 Å². The molecule has 5 nitrogen and oxygen atoms in total. The number of hydrogen-bond acceptors (Lipinski definition) is 6. The van der Waals surface area contributed by atoms with E-state index in [4.69, 9.17) is 18.0 Å². The van der Waals surface area contributed by atoms with Crippen molar-refractivity contribution in [2.24, 2.45) is 0 Å². The molecule has 7 heteroatoms.